The number of carbonyl (C=O) groups is 1. The minimum absolute atomic E-state index is 0.0142. The number of nitrogens with one attached hydrogen (secondary N) is 1. The highest BCUT2D eigenvalue weighted by Gasteiger charge is 2.27. The van der Waals surface area contributed by atoms with E-state index >= 15 is 0 Å². The van der Waals surface area contributed by atoms with Crippen molar-refractivity contribution in [1.29, 1.82) is 0 Å². The summed E-state index contributed by atoms with van der Waals surface area (Å²) < 4.78 is 4.95. The first kappa shape index (κ1) is 8.18. The van der Waals surface area contributed by atoms with Gasteiger partial charge in [-0.2, -0.15) is 4.98 Å². The number of nitrogens with zero attached hydrogens (tertiary/aromatic N) is 2. The van der Waals surface area contributed by atoms with Gasteiger partial charge < -0.3 is 15.6 Å². The van der Waals surface area contributed by atoms with Crippen molar-refractivity contribution in [3.05, 3.63) is 11.7 Å². The van der Waals surface area contributed by atoms with Crippen LogP contribution in [0, 0.1) is 0 Å². The molecule has 6 nitrogen and oxygen atoms in total. The number of hydrogen-bond donors (Lipinski definition) is 2. The van der Waals surface area contributed by atoms with Crippen molar-refractivity contribution >= 4 is 5.91 Å². The largest absolute Gasteiger partial charge is 0.355 e. The van der Waals surface area contributed by atoms with Gasteiger partial charge >= 0.3 is 0 Å². The lowest BCUT2D eigenvalue weighted by Crippen LogP contribution is -2.13. The van der Waals surface area contributed by atoms with E-state index in [9.17, 15) is 4.79 Å². The van der Waals surface area contributed by atoms with Gasteiger partial charge in [0.05, 0.1) is 12.5 Å². The van der Waals surface area contributed by atoms with E-state index in [0.717, 1.165) is 0 Å². The smallest absolute Gasteiger partial charge is 0.232 e. The molecule has 1 aliphatic heterocycles. The summed E-state index contributed by atoms with van der Waals surface area (Å²) in [4.78, 5) is 14.9. The van der Waals surface area contributed by atoms with Gasteiger partial charge in [0, 0.05) is 13.0 Å². The third kappa shape index (κ3) is 1.52. The molecule has 13 heavy (non-hydrogen) atoms. The molecule has 1 aliphatic rings. The maximum absolute atomic E-state index is 10.9. The molecule has 2 heterocycles. The average molecular weight is 182 g/mol. The molecule has 0 saturated carbocycles. The highest BCUT2D eigenvalue weighted by molar-refractivity contribution is 5.79. The van der Waals surface area contributed by atoms with Gasteiger partial charge in [-0.25, -0.2) is 0 Å². The van der Waals surface area contributed by atoms with Crippen molar-refractivity contribution in [2.45, 2.75) is 18.9 Å². The summed E-state index contributed by atoms with van der Waals surface area (Å²) in [6.07, 6.45) is 0.423. The molecule has 0 aromatic carbocycles. The Bertz CT molecular complexity index is 322. The van der Waals surface area contributed by atoms with E-state index in [1.807, 2.05) is 0 Å². The first-order valence-corrected chi connectivity index (χ1v) is 4.09. The zero-order valence-electron chi connectivity index (χ0n) is 6.99. The Morgan fingerprint density at radius 1 is 1.69 bits per heavy atom. The van der Waals surface area contributed by atoms with Gasteiger partial charge in [0.2, 0.25) is 11.8 Å². The molecule has 3 N–H and O–H groups in total. The Morgan fingerprint density at radius 2 is 2.54 bits per heavy atom. The number of nitrogens with two attached hydrogens (primary N) is 1. The van der Waals surface area contributed by atoms with E-state index in [0.29, 0.717) is 24.7 Å². The number of aromatic nitrogens is 2. The lowest BCUT2D eigenvalue weighted by atomic mass is 10.1. The van der Waals surface area contributed by atoms with Gasteiger partial charge in [0.1, 0.15) is 0 Å². The SMILES string of the molecule is NCc1noc(C2CNC(=O)C2)n1. The molecule has 1 aromatic rings. The van der Waals surface area contributed by atoms with Crippen LogP contribution in [-0.4, -0.2) is 22.6 Å². The maximum Gasteiger partial charge on any atom is 0.232 e. The molecule has 1 atom stereocenters. The van der Waals surface area contributed by atoms with Crippen LogP contribution in [0.2, 0.25) is 0 Å². The van der Waals surface area contributed by atoms with Crippen molar-refractivity contribution in [2.75, 3.05) is 6.54 Å². The van der Waals surface area contributed by atoms with Crippen LogP contribution in [0.3, 0.4) is 0 Å². The molecule has 1 saturated heterocycles. The van der Waals surface area contributed by atoms with E-state index in [4.69, 9.17) is 10.3 Å². The Balaban J connectivity index is 2.12. The summed E-state index contributed by atoms with van der Waals surface area (Å²) in [7, 11) is 0. The van der Waals surface area contributed by atoms with Crippen LogP contribution in [0.4, 0.5) is 0 Å². The maximum atomic E-state index is 10.9. The molecule has 1 aromatic heterocycles. The second kappa shape index (κ2) is 3.14. The fraction of sp³-hybridized carbons (Fsp3) is 0.571. The minimum atomic E-state index is 0.0142. The van der Waals surface area contributed by atoms with Crippen LogP contribution in [0.5, 0.6) is 0 Å². The second-order valence-electron chi connectivity index (χ2n) is 2.96. The Labute approximate surface area is 74.5 Å². The molecule has 1 fully saturated rings. The monoisotopic (exact) mass is 182 g/mol. The summed E-state index contributed by atoms with van der Waals surface area (Å²) in [5.74, 6) is 1.02. The first-order valence-electron chi connectivity index (χ1n) is 4.09. The van der Waals surface area contributed by atoms with Crippen molar-refractivity contribution in [3.8, 4) is 0 Å². The topological polar surface area (TPSA) is 94.0 Å². The number of amides is 1. The second-order valence-corrected chi connectivity index (χ2v) is 2.96. The molecule has 0 aliphatic carbocycles. The molecule has 0 radical (unpaired) electrons. The molecule has 0 bridgehead atoms. The fourth-order valence-corrected chi connectivity index (χ4v) is 1.30. The van der Waals surface area contributed by atoms with Gasteiger partial charge in [0.15, 0.2) is 5.82 Å². The van der Waals surface area contributed by atoms with E-state index in [-0.39, 0.29) is 18.4 Å². The lowest BCUT2D eigenvalue weighted by Gasteiger charge is -1.96. The van der Waals surface area contributed by atoms with Gasteiger partial charge in [-0.05, 0) is 0 Å². The average Bonchev–Trinajstić information content (AvgIpc) is 2.71. The predicted octanol–water partition coefficient (Wildman–Crippen LogP) is -0.868. The fourth-order valence-electron chi connectivity index (χ4n) is 1.30. The van der Waals surface area contributed by atoms with Crippen molar-refractivity contribution in [2.24, 2.45) is 5.73 Å². The van der Waals surface area contributed by atoms with Crippen LogP contribution >= 0.6 is 0 Å². The van der Waals surface area contributed by atoms with Crippen LogP contribution in [0.15, 0.2) is 4.52 Å². The standard InChI is InChI=1S/C7H10N4O2/c8-2-5-10-7(13-11-5)4-1-6(12)9-3-4/h4H,1-3,8H2,(H,9,12). The Hall–Kier alpha value is -1.43. The number of rotatable bonds is 2. The molecule has 70 valence electrons. The number of carbonyl (C=O) groups excluding carboxylic acids is 1. The molecule has 1 unspecified atom stereocenters. The van der Waals surface area contributed by atoms with Crippen molar-refractivity contribution < 1.29 is 9.32 Å². The third-order valence-corrected chi connectivity index (χ3v) is 1.99. The predicted molar refractivity (Wildman–Crippen MR) is 42.6 cm³/mol. The summed E-state index contributed by atoms with van der Waals surface area (Å²) >= 11 is 0. The lowest BCUT2D eigenvalue weighted by molar-refractivity contribution is -0.119. The zero-order valence-corrected chi connectivity index (χ0v) is 6.99. The van der Waals surface area contributed by atoms with Gasteiger partial charge in [-0.1, -0.05) is 5.16 Å². The molecule has 2 rings (SSSR count). The summed E-state index contributed by atoms with van der Waals surface area (Å²) in [6.45, 7) is 0.836. The van der Waals surface area contributed by atoms with E-state index in [2.05, 4.69) is 15.5 Å². The van der Waals surface area contributed by atoms with Gasteiger partial charge in [-0.3, -0.25) is 4.79 Å². The van der Waals surface area contributed by atoms with Crippen LogP contribution in [0.1, 0.15) is 24.1 Å². The van der Waals surface area contributed by atoms with Crippen LogP contribution in [-0.2, 0) is 11.3 Å². The van der Waals surface area contributed by atoms with E-state index in [1.165, 1.54) is 0 Å². The summed E-state index contributed by atoms with van der Waals surface area (Å²) in [6, 6.07) is 0. The van der Waals surface area contributed by atoms with Crippen LogP contribution in [0.25, 0.3) is 0 Å². The quantitative estimate of drug-likeness (QED) is 0.620. The van der Waals surface area contributed by atoms with Crippen molar-refractivity contribution in [1.82, 2.24) is 15.5 Å². The minimum Gasteiger partial charge on any atom is -0.355 e. The van der Waals surface area contributed by atoms with Gasteiger partial charge in [-0.15, -0.1) is 0 Å². The summed E-state index contributed by atoms with van der Waals surface area (Å²) in [5, 5.41) is 6.35. The molecule has 1 amide bonds. The zero-order chi connectivity index (χ0) is 9.26. The third-order valence-electron chi connectivity index (χ3n) is 1.99. The van der Waals surface area contributed by atoms with E-state index in [1.54, 1.807) is 0 Å². The molecule has 0 spiro atoms. The Morgan fingerprint density at radius 3 is 3.08 bits per heavy atom. The normalized spacial score (nSPS) is 21.9. The highest BCUT2D eigenvalue weighted by Crippen LogP contribution is 2.20. The highest BCUT2D eigenvalue weighted by atomic mass is 16.5. The number of hydrogen-bond acceptors (Lipinski definition) is 5. The molecule has 6 heteroatoms. The summed E-state index contributed by atoms with van der Waals surface area (Å²) in [5.41, 5.74) is 5.32. The first-order chi connectivity index (χ1) is 6.29. The molecular weight excluding hydrogens is 172 g/mol. The molecular formula is C7H10N4O2. The Kier molecular flexibility index (Phi) is 1.97. The van der Waals surface area contributed by atoms with Crippen molar-refractivity contribution in [3.63, 3.8) is 0 Å². The van der Waals surface area contributed by atoms with E-state index < -0.39 is 0 Å². The van der Waals surface area contributed by atoms with Gasteiger partial charge in [0.25, 0.3) is 0 Å². The van der Waals surface area contributed by atoms with Crippen LogP contribution < -0.4 is 11.1 Å².